The van der Waals surface area contributed by atoms with E-state index in [1.54, 1.807) is 18.5 Å². The van der Waals surface area contributed by atoms with Gasteiger partial charge in [0.25, 0.3) is 5.91 Å². The Hall–Kier alpha value is -3.28. The lowest BCUT2D eigenvalue weighted by Crippen LogP contribution is -2.13. The van der Waals surface area contributed by atoms with Gasteiger partial charge < -0.3 is 0 Å². The molecular formula is C21H15N5OS2. The Morgan fingerprint density at radius 1 is 1.24 bits per heavy atom. The van der Waals surface area contributed by atoms with Gasteiger partial charge in [0.05, 0.1) is 38.5 Å². The van der Waals surface area contributed by atoms with E-state index in [-0.39, 0.29) is 5.91 Å². The third-order valence-corrected chi connectivity index (χ3v) is 6.46. The number of amides is 1. The number of thiazole rings is 1. The van der Waals surface area contributed by atoms with E-state index in [2.05, 4.69) is 26.3 Å². The summed E-state index contributed by atoms with van der Waals surface area (Å²) in [4.78, 5) is 26.3. The number of para-hydroxylation sites is 1. The smallest absolute Gasteiger partial charge is 0.258 e. The van der Waals surface area contributed by atoms with Crippen LogP contribution in [0, 0.1) is 18.3 Å². The van der Waals surface area contributed by atoms with Gasteiger partial charge in [-0.25, -0.2) is 9.97 Å². The van der Waals surface area contributed by atoms with Crippen LogP contribution in [-0.4, -0.2) is 26.6 Å². The Labute approximate surface area is 175 Å². The van der Waals surface area contributed by atoms with Crippen molar-refractivity contribution in [2.75, 3.05) is 11.1 Å². The molecule has 0 spiro atoms. The second-order valence-corrected chi connectivity index (χ2v) is 8.35. The number of rotatable bonds is 5. The second kappa shape index (κ2) is 8.39. The van der Waals surface area contributed by atoms with Gasteiger partial charge in [-0.05, 0) is 31.2 Å². The van der Waals surface area contributed by atoms with Crippen LogP contribution < -0.4 is 5.32 Å². The Bertz CT molecular complexity index is 1230. The van der Waals surface area contributed by atoms with Crippen LogP contribution >= 0.6 is 23.1 Å². The molecule has 0 radical (unpaired) electrons. The molecule has 0 saturated carbocycles. The highest BCUT2D eigenvalue weighted by atomic mass is 32.2. The maximum absolute atomic E-state index is 13.1. The minimum atomic E-state index is -0.251. The number of anilines is 1. The molecule has 0 aliphatic heterocycles. The van der Waals surface area contributed by atoms with Crippen LogP contribution in [0.3, 0.4) is 0 Å². The fourth-order valence-corrected chi connectivity index (χ4v) is 4.65. The van der Waals surface area contributed by atoms with Crippen molar-refractivity contribution in [1.29, 1.82) is 5.26 Å². The van der Waals surface area contributed by atoms with E-state index in [1.165, 1.54) is 23.1 Å². The van der Waals surface area contributed by atoms with Crippen molar-refractivity contribution >= 4 is 45.0 Å². The standard InChI is InChI=1S/C21H15N5OS2/c1-13-20(28-10-8-22)29-21(24-13)26-19(27)16-11-18(14-5-4-9-23-12-14)25-17-7-3-2-6-15(16)17/h2-7,9,11-12H,10H2,1H3,(H,24,26,27). The lowest BCUT2D eigenvalue weighted by molar-refractivity contribution is 0.102. The molecule has 1 amide bonds. The Morgan fingerprint density at radius 3 is 2.90 bits per heavy atom. The lowest BCUT2D eigenvalue weighted by Gasteiger charge is -2.09. The molecule has 0 aliphatic rings. The number of nitrogens with one attached hydrogen (secondary N) is 1. The summed E-state index contributed by atoms with van der Waals surface area (Å²) in [6, 6.07) is 15.2. The molecule has 4 rings (SSSR count). The number of benzene rings is 1. The van der Waals surface area contributed by atoms with Crippen LogP contribution in [0.2, 0.25) is 0 Å². The molecule has 3 aromatic heterocycles. The Morgan fingerprint density at radius 2 is 2.10 bits per heavy atom. The summed E-state index contributed by atoms with van der Waals surface area (Å²) in [7, 11) is 0. The Balaban J connectivity index is 1.71. The molecule has 8 heteroatoms. The van der Waals surface area contributed by atoms with Crippen molar-refractivity contribution in [2.24, 2.45) is 0 Å². The van der Waals surface area contributed by atoms with Crippen LogP contribution in [-0.2, 0) is 0 Å². The van der Waals surface area contributed by atoms with E-state index in [0.29, 0.717) is 22.1 Å². The number of hydrogen-bond donors (Lipinski definition) is 1. The van der Waals surface area contributed by atoms with Gasteiger partial charge in [0.1, 0.15) is 0 Å². The maximum atomic E-state index is 13.1. The van der Waals surface area contributed by atoms with Crippen molar-refractivity contribution in [3.05, 3.63) is 66.1 Å². The van der Waals surface area contributed by atoms with Gasteiger partial charge >= 0.3 is 0 Å². The second-order valence-electron chi connectivity index (χ2n) is 6.11. The molecule has 3 heterocycles. The molecule has 0 unspecified atom stereocenters. The fraction of sp³-hybridized carbons (Fsp3) is 0.0952. The summed E-state index contributed by atoms with van der Waals surface area (Å²) < 4.78 is 0.928. The van der Waals surface area contributed by atoms with Gasteiger partial charge in [-0.2, -0.15) is 5.26 Å². The summed E-state index contributed by atoms with van der Waals surface area (Å²) in [5.74, 6) is 0.0965. The zero-order chi connectivity index (χ0) is 20.2. The van der Waals surface area contributed by atoms with E-state index in [9.17, 15) is 4.79 Å². The average molecular weight is 418 g/mol. The topological polar surface area (TPSA) is 91.6 Å². The van der Waals surface area contributed by atoms with Gasteiger partial charge in [0, 0.05) is 23.3 Å². The highest BCUT2D eigenvalue weighted by Crippen LogP contribution is 2.32. The molecule has 0 atom stereocenters. The first-order valence-electron chi connectivity index (χ1n) is 8.74. The molecule has 1 aromatic carbocycles. The van der Waals surface area contributed by atoms with Crippen molar-refractivity contribution in [3.8, 4) is 17.3 Å². The zero-order valence-electron chi connectivity index (χ0n) is 15.4. The highest BCUT2D eigenvalue weighted by molar-refractivity contribution is 8.01. The van der Waals surface area contributed by atoms with Crippen LogP contribution in [0.25, 0.3) is 22.2 Å². The van der Waals surface area contributed by atoms with E-state index in [4.69, 9.17) is 5.26 Å². The van der Waals surface area contributed by atoms with E-state index in [1.807, 2.05) is 43.3 Å². The number of nitrogens with zero attached hydrogens (tertiary/aromatic N) is 4. The summed E-state index contributed by atoms with van der Waals surface area (Å²) in [6.07, 6.45) is 3.42. The Kier molecular flexibility index (Phi) is 5.51. The van der Waals surface area contributed by atoms with Gasteiger partial charge in [-0.3, -0.25) is 15.1 Å². The molecule has 0 aliphatic carbocycles. The number of nitriles is 1. The predicted octanol–water partition coefficient (Wildman–Crippen LogP) is 4.93. The summed E-state index contributed by atoms with van der Waals surface area (Å²) in [5.41, 5.74) is 3.59. The number of thioether (sulfide) groups is 1. The number of pyridine rings is 2. The molecule has 4 aromatic rings. The van der Waals surface area contributed by atoms with E-state index >= 15 is 0 Å². The normalized spacial score (nSPS) is 10.6. The molecule has 0 bridgehead atoms. The third kappa shape index (κ3) is 4.11. The molecular weight excluding hydrogens is 402 g/mol. The molecule has 0 fully saturated rings. The lowest BCUT2D eigenvalue weighted by atomic mass is 10.0. The van der Waals surface area contributed by atoms with Gasteiger partial charge in [-0.1, -0.05) is 41.3 Å². The predicted molar refractivity (Wildman–Crippen MR) is 116 cm³/mol. The largest absolute Gasteiger partial charge is 0.298 e. The zero-order valence-corrected chi connectivity index (χ0v) is 17.0. The first-order valence-corrected chi connectivity index (χ1v) is 10.5. The molecule has 29 heavy (non-hydrogen) atoms. The quantitative estimate of drug-likeness (QED) is 0.463. The number of aromatic nitrogens is 3. The SMILES string of the molecule is Cc1nc(NC(=O)c2cc(-c3cccnc3)nc3ccccc23)sc1SCC#N. The average Bonchev–Trinajstić information content (AvgIpc) is 3.10. The number of hydrogen-bond acceptors (Lipinski definition) is 7. The number of fused-ring (bicyclic) bond motifs is 1. The van der Waals surface area contributed by atoms with Crippen LogP contribution in [0.1, 0.15) is 16.1 Å². The van der Waals surface area contributed by atoms with Crippen LogP contribution in [0.15, 0.2) is 59.1 Å². The van der Waals surface area contributed by atoms with Gasteiger partial charge in [0.15, 0.2) is 5.13 Å². The summed E-state index contributed by atoms with van der Waals surface area (Å²) in [5, 5.41) is 12.9. The number of carbonyl (C=O) groups excluding carboxylic acids is 1. The first-order chi connectivity index (χ1) is 14.2. The van der Waals surface area contributed by atoms with E-state index in [0.717, 1.165) is 26.4 Å². The number of carbonyl (C=O) groups is 1. The third-order valence-electron chi connectivity index (χ3n) is 4.16. The van der Waals surface area contributed by atoms with Gasteiger partial charge in [-0.15, -0.1) is 0 Å². The summed E-state index contributed by atoms with van der Waals surface area (Å²) in [6.45, 7) is 1.87. The van der Waals surface area contributed by atoms with Crippen molar-refractivity contribution in [1.82, 2.24) is 15.0 Å². The number of aryl methyl sites for hydroxylation is 1. The maximum Gasteiger partial charge on any atom is 0.258 e. The molecule has 0 saturated heterocycles. The first kappa shape index (κ1) is 19.1. The van der Waals surface area contributed by atoms with Crippen molar-refractivity contribution in [3.63, 3.8) is 0 Å². The summed E-state index contributed by atoms with van der Waals surface area (Å²) >= 11 is 2.79. The minimum Gasteiger partial charge on any atom is -0.298 e. The van der Waals surface area contributed by atoms with Crippen LogP contribution in [0.5, 0.6) is 0 Å². The van der Waals surface area contributed by atoms with Crippen LogP contribution in [0.4, 0.5) is 5.13 Å². The van der Waals surface area contributed by atoms with Crippen molar-refractivity contribution < 1.29 is 4.79 Å². The van der Waals surface area contributed by atoms with Crippen molar-refractivity contribution in [2.45, 2.75) is 11.1 Å². The minimum absolute atomic E-state index is 0.251. The van der Waals surface area contributed by atoms with Gasteiger partial charge in [0.2, 0.25) is 0 Å². The fourth-order valence-electron chi connectivity index (χ4n) is 2.86. The monoisotopic (exact) mass is 417 g/mol. The molecule has 142 valence electrons. The molecule has 6 nitrogen and oxygen atoms in total. The highest BCUT2D eigenvalue weighted by Gasteiger charge is 2.17. The van der Waals surface area contributed by atoms with E-state index < -0.39 is 0 Å². The molecule has 1 N–H and O–H groups in total.